The van der Waals surface area contributed by atoms with E-state index in [0.29, 0.717) is 12.1 Å². The summed E-state index contributed by atoms with van der Waals surface area (Å²) in [6.07, 6.45) is 3.90. The lowest BCUT2D eigenvalue weighted by Gasteiger charge is -2.23. The van der Waals surface area contributed by atoms with Crippen LogP contribution < -0.4 is 10.2 Å². The monoisotopic (exact) mass is 320 g/mol. The normalized spacial score (nSPS) is 15.7. The van der Waals surface area contributed by atoms with E-state index in [4.69, 9.17) is 4.74 Å². The van der Waals surface area contributed by atoms with E-state index in [1.165, 1.54) is 23.1 Å². The molecule has 124 valence electrons. The van der Waals surface area contributed by atoms with E-state index in [1.807, 2.05) is 0 Å². The predicted octanol–water partition coefficient (Wildman–Crippen LogP) is 0.0294. The van der Waals surface area contributed by atoms with E-state index in [9.17, 15) is 14.9 Å². The standard InChI is InChI=1S/C16H21N3O4/c20-16(17-7-2-8-18-9-11-23-12-10-18)6-5-14-3-1-4-15(13-14)19(21)22/h1,3-6,13H,2,7-12H2,(H,17,20)/p+1/b6-5+. The fourth-order valence-corrected chi connectivity index (χ4v) is 2.43. The van der Waals surface area contributed by atoms with Crippen molar-refractivity contribution in [2.24, 2.45) is 0 Å². The second-order valence-electron chi connectivity index (χ2n) is 5.44. The number of carbonyl (C=O) groups excluding carboxylic acids is 1. The molecule has 2 rings (SSSR count). The third-order valence-corrected chi connectivity index (χ3v) is 3.71. The van der Waals surface area contributed by atoms with Gasteiger partial charge in [-0.15, -0.1) is 0 Å². The Morgan fingerprint density at radius 2 is 2.17 bits per heavy atom. The van der Waals surface area contributed by atoms with Crippen molar-refractivity contribution in [3.05, 3.63) is 46.0 Å². The first kappa shape index (κ1) is 17.1. The number of non-ortho nitro benzene ring substituents is 1. The van der Waals surface area contributed by atoms with Crippen LogP contribution in [0, 0.1) is 10.1 Å². The van der Waals surface area contributed by atoms with Crippen molar-refractivity contribution < 1.29 is 19.4 Å². The molecule has 1 saturated heterocycles. The number of ether oxygens (including phenoxy) is 1. The van der Waals surface area contributed by atoms with Gasteiger partial charge in [0.15, 0.2) is 0 Å². The molecule has 0 aliphatic carbocycles. The molecule has 0 bridgehead atoms. The molecule has 0 atom stereocenters. The molecule has 1 aromatic carbocycles. The highest BCUT2D eigenvalue weighted by Gasteiger charge is 2.12. The summed E-state index contributed by atoms with van der Waals surface area (Å²) in [6, 6.07) is 6.18. The lowest BCUT2D eigenvalue weighted by atomic mass is 10.2. The van der Waals surface area contributed by atoms with Gasteiger partial charge in [0.05, 0.1) is 24.7 Å². The summed E-state index contributed by atoms with van der Waals surface area (Å²) < 4.78 is 5.30. The number of carbonyl (C=O) groups is 1. The molecule has 1 amide bonds. The first-order valence-corrected chi connectivity index (χ1v) is 7.77. The number of nitro groups is 1. The molecule has 7 heteroatoms. The third kappa shape index (κ3) is 6.17. The summed E-state index contributed by atoms with van der Waals surface area (Å²) >= 11 is 0. The number of rotatable bonds is 7. The van der Waals surface area contributed by atoms with Crippen LogP contribution in [-0.4, -0.2) is 50.2 Å². The zero-order chi connectivity index (χ0) is 16.5. The Hall–Kier alpha value is -2.25. The topological polar surface area (TPSA) is 85.9 Å². The number of nitrogens with one attached hydrogen (secondary N) is 2. The SMILES string of the molecule is O=C(/C=C/c1cccc([N+](=O)[O-])c1)NCCC[NH+]1CCOCC1. The number of morpholine rings is 1. The van der Waals surface area contributed by atoms with Gasteiger partial charge >= 0.3 is 0 Å². The molecule has 1 heterocycles. The van der Waals surface area contributed by atoms with Gasteiger partial charge in [-0.25, -0.2) is 0 Å². The average molecular weight is 320 g/mol. The molecule has 0 radical (unpaired) electrons. The van der Waals surface area contributed by atoms with Crippen LogP contribution in [0.2, 0.25) is 0 Å². The van der Waals surface area contributed by atoms with Crippen molar-refractivity contribution in [3.63, 3.8) is 0 Å². The summed E-state index contributed by atoms with van der Waals surface area (Å²) in [7, 11) is 0. The quantitative estimate of drug-likeness (QED) is 0.321. The van der Waals surface area contributed by atoms with Crippen molar-refractivity contribution in [2.45, 2.75) is 6.42 Å². The summed E-state index contributed by atoms with van der Waals surface area (Å²) in [5.41, 5.74) is 0.646. The molecule has 1 aliphatic rings. The molecule has 1 aliphatic heterocycles. The number of benzene rings is 1. The van der Waals surface area contributed by atoms with Gasteiger partial charge in [-0.3, -0.25) is 14.9 Å². The van der Waals surface area contributed by atoms with E-state index in [0.717, 1.165) is 39.3 Å². The van der Waals surface area contributed by atoms with Crippen molar-refractivity contribution >= 4 is 17.7 Å². The Balaban J connectivity index is 1.69. The molecule has 0 spiro atoms. The first-order valence-electron chi connectivity index (χ1n) is 7.77. The largest absolute Gasteiger partial charge is 0.370 e. The average Bonchev–Trinajstić information content (AvgIpc) is 2.58. The number of quaternary nitrogens is 1. The van der Waals surface area contributed by atoms with E-state index in [-0.39, 0.29) is 11.6 Å². The molecule has 7 nitrogen and oxygen atoms in total. The van der Waals surface area contributed by atoms with Crippen LogP contribution >= 0.6 is 0 Å². The molecular weight excluding hydrogens is 298 g/mol. The maximum Gasteiger partial charge on any atom is 0.270 e. The van der Waals surface area contributed by atoms with Gasteiger partial charge in [0.2, 0.25) is 5.91 Å². The van der Waals surface area contributed by atoms with Crippen LogP contribution in [0.25, 0.3) is 6.08 Å². The summed E-state index contributed by atoms with van der Waals surface area (Å²) in [5, 5.41) is 13.5. The van der Waals surface area contributed by atoms with Crippen molar-refractivity contribution in [3.8, 4) is 0 Å². The van der Waals surface area contributed by atoms with E-state index >= 15 is 0 Å². The Bertz CT molecular complexity index is 568. The van der Waals surface area contributed by atoms with E-state index < -0.39 is 4.92 Å². The summed E-state index contributed by atoms with van der Waals surface area (Å²) in [4.78, 5) is 23.5. The Labute approximate surface area is 135 Å². The van der Waals surface area contributed by atoms with Gasteiger partial charge in [0.1, 0.15) is 13.1 Å². The molecule has 1 aromatic rings. The number of nitrogens with zero attached hydrogens (tertiary/aromatic N) is 1. The second kappa shape index (κ2) is 9.02. The van der Waals surface area contributed by atoms with Crippen molar-refractivity contribution in [1.29, 1.82) is 0 Å². The van der Waals surface area contributed by atoms with Crippen LogP contribution in [0.15, 0.2) is 30.3 Å². The highest BCUT2D eigenvalue weighted by atomic mass is 16.6. The van der Waals surface area contributed by atoms with Crippen LogP contribution in [-0.2, 0) is 9.53 Å². The first-order chi connectivity index (χ1) is 11.1. The minimum absolute atomic E-state index is 0.0149. The number of hydrogen-bond donors (Lipinski definition) is 2. The smallest absolute Gasteiger partial charge is 0.270 e. The minimum atomic E-state index is -0.453. The number of amides is 1. The highest BCUT2D eigenvalue weighted by molar-refractivity contribution is 5.91. The zero-order valence-corrected chi connectivity index (χ0v) is 13.0. The van der Waals surface area contributed by atoms with Crippen molar-refractivity contribution in [1.82, 2.24) is 5.32 Å². The fourth-order valence-electron chi connectivity index (χ4n) is 2.43. The van der Waals surface area contributed by atoms with Gasteiger partial charge in [-0.1, -0.05) is 12.1 Å². The predicted molar refractivity (Wildman–Crippen MR) is 86.1 cm³/mol. The molecule has 0 saturated carbocycles. The maximum absolute atomic E-state index is 11.7. The van der Waals surface area contributed by atoms with Crippen LogP contribution in [0.4, 0.5) is 5.69 Å². The van der Waals surface area contributed by atoms with E-state index in [2.05, 4.69) is 5.32 Å². The Morgan fingerprint density at radius 1 is 1.39 bits per heavy atom. The van der Waals surface area contributed by atoms with Gasteiger partial charge in [-0.2, -0.15) is 0 Å². The van der Waals surface area contributed by atoms with Gasteiger partial charge in [-0.05, 0) is 11.6 Å². The van der Waals surface area contributed by atoms with Crippen LogP contribution in [0.1, 0.15) is 12.0 Å². The van der Waals surface area contributed by atoms with Crippen molar-refractivity contribution in [2.75, 3.05) is 39.4 Å². The third-order valence-electron chi connectivity index (χ3n) is 3.71. The lowest BCUT2D eigenvalue weighted by molar-refractivity contribution is -0.908. The molecule has 1 fully saturated rings. The summed E-state index contributed by atoms with van der Waals surface area (Å²) in [5.74, 6) is -0.187. The lowest BCUT2D eigenvalue weighted by Crippen LogP contribution is -3.14. The number of hydrogen-bond acceptors (Lipinski definition) is 4. The number of nitro benzene ring substituents is 1. The minimum Gasteiger partial charge on any atom is -0.370 e. The summed E-state index contributed by atoms with van der Waals surface area (Å²) in [6.45, 7) is 5.34. The van der Waals surface area contributed by atoms with Crippen LogP contribution in [0.3, 0.4) is 0 Å². The Kier molecular flexibility index (Phi) is 6.71. The Morgan fingerprint density at radius 3 is 2.91 bits per heavy atom. The maximum atomic E-state index is 11.7. The second-order valence-corrected chi connectivity index (χ2v) is 5.44. The zero-order valence-electron chi connectivity index (χ0n) is 13.0. The molecule has 23 heavy (non-hydrogen) atoms. The molecule has 0 unspecified atom stereocenters. The van der Waals surface area contributed by atoms with E-state index in [1.54, 1.807) is 18.2 Å². The molecule has 0 aromatic heterocycles. The van der Waals surface area contributed by atoms with Crippen LogP contribution in [0.5, 0.6) is 0 Å². The van der Waals surface area contributed by atoms with Gasteiger partial charge < -0.3 is 15.0 Å². The van der Waals surface area contributed by atoms with Gasteiger partial charge in [0.25, 0.3) is 5.69 Å². The molecular formula is C16H22N3O4+. The highest BCUT2D eigenvalue weighted by Crippen LogP contribution is 2.13. The fraction of sp³-hybridized carbons (Fsp3) is 0.438. The van der Waals surface area contributed by atoms with Gasteiger partial charge in [0, 0.05) is 31.2 Å². The molecule has 2 N–H and O–H groups in total.